The number of aromatic amines is 1. The number of nitrogens with one attached hydrogen (secondary N) is 3. The van der Waals surface area contributed by atoms with Crippen LogP contribution < -0.4 is 10.6 Å². The maximum absolute atomic E-state index is 11.7. The van der Waals surface area contributed by atoms with Crippen LogP contribution in [0.1, 0.15) is 25.8 Å². The minimum atomic E-state index is -0.369. The molecule has 1 aromatic carbocycles. The highest BCUT2D eigenvalue weighted by molar-refractivity contribution is 5.83. The summed E-state index contributed by atoms with van der Waals surface area (Å²) in [6, 6.07) is 7.95. The number of hydrogen-bond donors (Lipinski definition) is 4. The van der Waals surface area contributed by atoms with Gasteiger partial charge in [0, 0.05) is 30.2 Å². The Bertz CT molecular complexity index is 607. The van der Waals surface area contributed by atoms with E-state index in [1.54, 1.807) is 0 Å². The monoisotopic (exact) mass is 303 g/mol. The standard InChI is InChI=1S/C17H25N3O2/c1-12(2)16(21)8-10-19-17(22)18-9-7-13-11-20-15-6-4-3-5-14(13)15/h3-6,11-12,16,20-21H,7-10H2,1-2H3,(H2,18,19,22). The van der Waals surface area contributed by atoms with Gasteiger partial charge in [-0.1, -0.05) is 32.0 Å². The Balaban J connectivity index is 1.69. The molecule has 0 spiro atoms. The number of amides is 2. The van der Waals surface area contributed by atoms with E-state index in [1.807, 2.05) is 38.2 Å². The SMILES string of the molecule is CC(C)C(O)CCNC(=O)NCCc1c[nH]c2ccccc12. The van der Waals surface area contributed by atoms with Crippen LogP contribution in [0.15, 0.2) is 30.5 Å². The maximum atomic E-state index is 11.7. The molecule has 4 N–H and O–H groups in total. The Kier molecular flexibility index (Phi) is 5.83. The Morgan fingerprint density at radius 3 is 2.73 bits per heavy atom. The molecule has 1 aromatic heterocycles. The van der Waals surface area contributed by atoms with Gasteiger partial charge in [-0.05, 0) is 30.4 Å². The molecule has 5 nitrogen and oxygen atoms in total. The topological polar surface area (TPSA) is 77.2 Å². The average molecular weight is 303 g/mol. The number of fused-ring (bicyclic) bond motifs is 1. The zero-order valence-electron chi connectivity index (χ0n) is 13.2. The second-order valence-electron chi connectivity index (χ2n) is 5.89. The van der Waals surface area contributed by atoms with Crippen molar-refractivity contribution >= 4 is 16.9 Å². The number of para-hydroxylation sites is 1. The molecular weight excluding hydrogens is 278 g/mol. The normalized spacial score (nSPS) is 12.5. The van der Waals surface area contributed by atoms with Crippen LogP contribution in [0.4, 0.5) is 4.79 Å². The first-order valence-corrected chi connectivity index (χ1v) is 7.82. The summed E-state index contributed by atoms with van der Waals surface area (Å²) < 4.78 is 0. The third-order valence-electron chi connectivity index (χ3n) is 3.85. The van der Waals surface area contributed by atoms with Crippen molar-refractivity contribution in [1.29, 1.82) is 0 Å². The lowest BCUT2D eigenvalue weighted by Gasteiger charge is -2.14. The molecule has 2 aromatic rings. The molecule has 0 saturated carbocycles. The van der Waals surface area contributed by atoms with Gasteiger partial charge in [-0.3, -0.25) is 0 Å². The number of carbonyl (C=O) groups excluding carboxylic acids is 1. The van der Waals surface area contributed by atoms with E-state index in [0.717, 1.165) is 11.9 Å². The lowest BCUT2D eigenvalue weighted by molar-refractivity contribution is 0.116. The van der Waals surface area contributed by atoms with Crippen molar-refractivity contribution in [2.45, 2.75) is 32.8 Å². The first-order chi connectivity index (χ1) is 10.6. The summed E-state index contributed by atoms with van der Waals surface area (Å²) in [5.74, 6) is 0.215. The lowest BCUT2D eigenvalue weighted by atomic mass is 10.0. The second kappa shape index (κ2) is 7.84. The van der Waals surface area contributed by atoms with Crippen molar-refractivity contribution < 1.29 is 9.90 Å². The molecule has 0 saturated heterocycles. The number of aliphatic hydroxyl groups is 1. The van der Waals surface area contributed by atoms with Crippen LogP contribution in [-0.4, -0.2) is 35.3 Å². The van der Waals surface area contributed by atoms with Crippen molar-refractivity contribution in [3.8, 4) is 0 Å². The zero-order valence-corrected chi connectivity index (χ0v) is 13.2. The van der Waals surface area contributed by atoms with E-state index in [0.29, 0.717) is 19.5 Å². The molecule has 0 aliphatic carbocycles. The van der Waals surface area contributed by atoms with E-state index in [2.05, 4.69) is 21.7 Å². The first kappa shape index (κ1) is 16.4. The van der Waals surface area contributed by atoms with E-state index in [4.69, 9.17) is 0 Å². The van der Waals surface area contributed by atoms with Crippen molar-refractivity contribution in [2.75, 3.05) is 13.1 Å². The van der Waals surface area contributed by atoms with Crippen LogP contribution in [-0.2, 0) is 6.42 Å². The number of rotatable bonds is 7. The summed E-state index contributed by atoms with van der Waals surface area (Å²) in [7, 11) is 0. The smallest absolute Gasteiger partial charge is 0.314 e. The van der Waals surface area contributed by atoms with Crippen LogP contribution in [0, 0.1) is 5.92 Å². The lowest BCUT2D eigenvalue weighted by Crippen LogP contribution is -2.38. The summed E-state index contributed by atoms with van der Waals surface area (Å²) in [4.78, 5) is 14.9. The average Bonchev–Trinajstić information content (AvgIpc) is 2.90. The highest BCUT2D eigenvalue weighted by Crippen LogP contribution is 2.17. The molecule has 0 fully saturated rings. The number of benzene rings is 1. The van der Waals surface area contributed by atoms with Gasteiger partial charge < -0.3 is 20.7 Å². The van der Waals surface area contributed by atoms with Crippen LogP contribution in [0.25, 0.3) is 10.9 Å². The molecule has 0 aliphatic heterocycles. The van der Waals surface area contributed by atoms with E-state index < -0.39 is 0 Å². The molecule has 1 unspecified atom stereocenters. The molecule has 0 radical (unpaired) electrons. The molecule has 2 amide bonds. The molecule has 22 heavy (non-hydrogen) atoms. The van der Waals surface area contributed by atoms with E-state index in [9.17, 15) is 9.90 Å². The van der Waals surface area contributed by atoms with Gasteiger partial charge in [0.1, 0.15) is 0 Å². The fourth-order valence-electron chi connectivity index (χ4n) is 2.38. The minimum absolute atomic E-state index is 0.184. The van der Waals surface area contributed by atoms with Gasteiger partial charge in [-0.15, -0.1) is 0 Å². The van der Waals surface area contributed by atoms with Gasteiger partial charge in [-0.2, -0.15) is 0 Å². The van der Waals surface area contributed by atoms with Crippen molar-refractivity contribution in [2.24, 2.45) is 5.92 Å². The molecule has 0 aliphatic rings. The number of urea groups is 1. The van der Waals surface area contributed by atoms with Gasteiger partial charge in [0.25, 0.3) is 0 Å². The number of carbonyl (C=O) groups is 1. The largest absolute Gasteiger partial charge is 0.393 e. The van der Waals surface area contributed by atoms with Gasteiger partial charge in [0.15, 0.2) is 0 Å². The zero-order chi connectivity index (χ0) is 15.9. The van der Waals surface area contributed by atoms with Gasteiger partial charge in [-0.25, -0.2) is 4.79 Å². The third kappa shape index (κ3) is 4.49. The molecule has 0 bridgehead atoms. The molecule has 1 heterocycles. The summed E-state index contributed by atoms with van der Waals surface area (Å²) in [5.41, 5.74) is 2.32. The molecule has 120 valence electrons. The fraction of sp³-hybridized carbons (Fsp3) is 0.471. The summed E-state index contributed by atoms with van der Waals surface area (Å²) in [5, 5.41) is 16.5. The van der Waals surface area contributed by atoms with Crippen molar-refractivity contribution in [3.63, 3.8) is 0 Å². The van der Waals surface area contributed by atoms with Gasteiger partial charge in [0.2, 0.25) is 0 Å². The van der Waals surface area contributed by atoms with Crippen LogP contribution in [0.5, 0.6) is 0 Å². The molecule has 1 atom stereocenters. The number of hydrogen-bond acceptors (Lipinski definition) is 2. The predicted molar refractivity (Wildman–Crippen MR) is 88.9 cm³/mol. The van der Waals surface area contributed by atoms with E-state index >= 15 is 0 Å². The number of aromatic nitrogens is 1. The molecule has 5 heteroatoms. The minimum Gasteiger partial charge on any atom is -0.393 e. The highest BCUT2D eigenvalue weighted by atomic mass is 16.3. The van der Waals surface area contributed by atoms with Crippen molar-refractivity contribution in [3.05, 3.63) is 36.0 Å². The Morgan fingerprint density at radius 2 is 1.95 bits per heavy atom. The molecule has 2 rings (SSSR count). The van der Waals surface area contributed by atoms with Crippen LogP contribution in [0.2, 0.25) is 0 Å². The first-order valence-electron chi connectivity index (χ1n) is 7.82. The number of aliphatic hydroxyl groups excluding tert-OH is 1. The maximum Gasteiger partial charge on any atom is 0.314 e. The second-order valence-corrected chi connectivity index (χ2v) is 5.89. The summed E-state index contributed by atoms with van der Waals surface area (Å²) in [6.07, 6.45) is 2.98. The van der Waals surface area contributed by atoms with Crippen LogP contribution in [0.3, 0.4) is 0 Å². The Hall–Kier alpha value is -2.01. The highest BCUT2D eigenvalue weighted by Gasteiger charge is 2.09. The fourth-order valence-corrected chi connectivity index (χ4v) is 2.38. The predicted octanol–water partition coefficient (Wildman–Crippen LogP) is 2.42. The van der Waals surface area contributed by atoms with Gasteiger partial charge in [0.05, 0.1) is 6.10 Å². The number of H-pyrrole nitrogens is 1. The van der Waals surface area contributed by atoms with E-state index in [-0.39, 0.29) is 18.1 Å². The van der Waals surface area contributed by atoms with Crippen molar-refractivity contribution in [1.82, 2.24) is 15.6 Å². The van der Waals surface area contributed by atoms with E-state index in [1.165, 1.54) is 10.9 Å². The third-order valence-corrected chi connectivity index (χ3v) is 3.85. The van der Waals surface area contributed by atoms with Gasteiger partial charge >= 0.3 is 6.03 Å². The Labute approximate surface area is 131 Å². The summed E-state index contributed by atoms with van der Waals surface area (Å²) in [6.45, 7) is 5.00. The summed E-state index contributed by atoms with van der Waals surface area (Å²) >= 11 is 0. The van der Waals surface area contributed by atoms with Crippen LogP contribution >= 0.6 is 0 Å². The quantitative estimate of drug-likeness (QED) is 0.634. The Morgan fingerprint density at radius 1 is 1.23 bits per heavy atom. The molecular formula is C17H25N3O2.